The molecule has 0 amide bonds. The minimum Gasteiger partial charge on any atom is -0.356 e. The van der Waals surface area contributed by atoms with Gasteiger partial charge in [0.05, 0.1) is 6.54 Å². The number of hydrogen-bond acceptors (Lipinski definition) is 3. The zero-order valence-electron chi connectivity index (χ0n) is 17.1. The van der Waals surface area contributed by atoms with E-state index in [1.807, 2.05) is 11.7 Å². The fourth-order valence-corrected chi connectivity index (χ4v) is 3.84. The molecule has 2 heterocycles. The maximum absolute atomic E-state index is 4.59. The molecule has 29 heavy (non-hydrogen) atoms. The third kappa shape index (κ3) is 5.07. The largest absolute Gasteiger partial charge is 0.356 e. The molecule has 4 rings (SSSR count). The molecule has 0 aliphatic carbocycles. The van der Waals surface area contributed by atoms with Gasteiger partial charge in [0.15, 0.2) is 11.8 Å². The van der Waals surface area contributed by atoms with Crippen molar-refractivity contribution in [2.45, 2.75) is 45.2 Å². The van der Waals surface area contributed by atoms with Crippen molar-refractivity contribution in [1.29, 1.82) is 0 Å². The van der Waals surface area contributed by atoms with Gasteiger partial charge in [0.2, 0.25) is 0 Å². The smallest absolute Gasteiger partial charge is 0.191 e. The van der Waals surface area contributed by atoms with E-state index in [9.17, 15) is 0 Å². The number of guanidine groups is 1. The van der Waals surface area contributed by atoms with Gasteiger partial charge in [-0.15, -0.1) is 24.0 Å². The normalized spacial score (nSPS) is 16.2. The summed E-state index contributed by atoms with van der Waals surface area (Å²) in [7, 11) is 1.83. The highest BCUT2D eigenvalue weighted by Crippen LogP contribution is 2.18. The number of fused-ring (bicyclic) bond motifs is 2. The Bertz CT molecular complexity index is 975. The van der Waals surface area contributed by atoms with E-state index in [4.69, 9.17) is 0 Å². The van der Waals surface area contributed by atoms with Crippen molar-refractivity contribution in [3.05, 3.63) is 59.7 Å². The van der Waals surface area contributed by atoms with E-state index in [0.29, 0.717) is 6.04 Å². The van der Waals surface area contributed by atoms with Crippen molar-refractivity contribution in [3.63, 3.8) is 0 Å². The van der Waals surface area contributed by atoms with Crippen molar-refractivity contribution in [3.8, 4) is 0 Å². The lowest BCUT2D eigenvalue weighted by Gasteiger charge is -2.25. The Balaban J connectivity index is 0.00000240. The number of hydrogen-bond donors (Lipinski definition) is 2. The molecule has 154 valence electrons. The molecule has 0 saturated heterocycles. The molecule has 0 spiro atoms. The number of nitrogens with one attached hydrogen (secondary N) is 2. The molecule has 0 fully saturated rings. The lowest BCUT2D eigenvalue weighted by Crippen LogP contribution is -2.47. The second-order valence-electron chi connectivity index (χ2n) is 7.25. The Morgan fingerprint density at radius 3 is 2.86 bits per heavy atom. The molecule has 2 N–H and O–H groups in total. The van der Waals surface area contributed by atoms with Crippen LogP contribution in [-0.2, 0) is 25.8 Å². The highest BCUT2D eigenvalue weighted by Gasteiger charge is 2.22. The van der Waals surface area contributed by atoms with E-state index >= 15 is 0 Å². The first-order valence-electron chi connectivity index (χ1n) is 10.1. The molecule has 0 saturated carbocycles. The second kappa shape index (κ2) is 10.0. The third-order valence-electron chi connectivity index (χ3n) is 5.35. The van der Waals surface area contributed by atoms with Gasteiger partial charge < -0.3 is 10.6 Å². The predicted octanol–water partition coefficient (Wildman–Crippen LogP) is 3.33. The van der Waals surface area contributed by atoms with Crippen LogP contribution >= 0.6 is 24.0 Å². The molecule has 1 atom stereocenters. The van der Waals surface area contributed by atoms with Crippen LogP contribution in [0.1, 0.15) is 30.6 Å². The Kier molecular flexibility index (Phi) is 7.46. The Labute approximate surface area is 189 Å². The van der Waals surface area contributed by atoms with Crippen LogP contribution in [0.2, 0.25) is 0 Å². The Hall–Kier alpha value is -2.16. The topological polar surface area (TPSA) is 67.1 Å². The zero-order chi connectivity index (χ0) is 19.3. The number of rotatable bonds is 5. The van der Waals surface area contributed by atoms with Crippen molar-refractivity contribution in [1.82, 2.24) is 25.4 Å². The summed E-state index contributed by atoms with van der Waals surface area (Å²) in [5.74, 6) is 2.89. The maximum atomic E-state index is 4.59. The van der Waals surface area contributed by atoms with Gasteiger partial charge in [-0.25, -0.2) is 9.67 Å². The second-order valence-corrected chi connectivity index (χ2v) is 7.25. The van der Waals surface area contributed by atoms with E-state index in [-0.39, 0.29) is 24.0 Å². The molecule has 6 nitrogen and oxygen atoms in total. The van der Waals surface area contributed by atoms with Crippen LogP contribution in [-0.4, -0.2) is 40.4 Å². The molecule has 1 aliphatic rings. The molecular weight excluding hydrogens is 475 g/mol. The predicted molar refractivity (Wildman–Crippen MR) is 129 cm³/mol. The van der Waals surface area contributed by atoms with E-state index < -0.39 is 0 Å². The lowest BCUT2D eigenvalue weighted by molar-refractivity contribution is 0.392. The minimum atomic E-state index is 0. The first-order valence-corrected chi connectivity index (χ1v) is 10.1. The third-order valence-corrected chi connectivity index (χ3v) is 5.35. The molecule has 0 bridgehead atoms. The summed E-state index contributed by atoms with van der Waals surface area (Å²) >= 11 is 0. The summed E-state index contributed by atoms with van der Waals surface area (Å²) in [5.41, 5.74) is 1.36. The average molecular weight is 504 g/mol. The monoisotopic (exact) mass is 504 g/mol. The average Bonchev–Trinajstić information content (AvgIpc) is 3.15. The Morgan fingerprint density at radius 1 is 1.21 bits per heavy atom. The zero-order valence-corrected chi connectivity index (χ0v) is 19.4. The van der Waals surface area contributed by atoms with Gasteiger partial charge in [-0.1, -0.05) is 49.4 Å². The van der Waals surface area contributed by atoms with E-state index in [0.717, 1.165) is 56.4 Å². The standard InChI is InChI=1S/C22H28N6.HI/c1-3-20-26-21-12-11-18(15-28(21)27-20)25-22(23-2)24-14-13-17-9-6-8-16-7-4-5-10-19(16)17;/h4-10,18H,3,11-15H2,1-2H3,(H2,23,24,25);1H. The van der Waals surface area contributed by atoms with Crippen molar-refractivity contribution >= 4 is 40.7 Å². The summed E-state index contributed by atoms with van der Waals surface area (Å²) in [6.07, 6.45) is 3.85. The molecular formula is C22H29IN6. The van der Waals surface area contributed by atoms with Crippen LogP contribution in [0.5, 0.6) is 0 Å². The van der Waals surface area contributed by atoms with Crippen LogP contribution < -0.4 is 10.6 Å². The minimum absolute atomic E-state index is 0. The van der Waals surface area contributed by atoms with Crippen molar-refractivity contribution in [2.24, 2.45) is 4.99 Å². The first-order chi connectivity index (χ1) is 13.8. The van der Waals surface area contributed by atoms with Crippen LogP contribution in [0.25, 0.3) is 10.8 Å². The fourth-order valence-electron chi connectivity index (χ4n) is 3.84. The number of benzene rings is 2. The van der Waals surface area contributed by atoms with E-state index in [1.165, 1.54) is 16.3 Å². The molecule has 7 heteroatoms. The molecule has 1 aromatic heterocycles. The van der Waals surface area contributed by atoms with Gasteiger partial charge in [0, 0.05) is 32.5 Å². The SMILES string of the molecule is CCc1nc2n(n1)CC(NC(=NC)NCCc1cccc3ccccc13)CC2.I. The van der Waals surface area contributed by atoms with Gasteiger partial charge in [-0.05, 0) is 29.2 Å². The summed E-state index contributed by atoms with van der Waals surface area (Å²) in [6, 6.07) is 15.4. The van der Waals surface area contributed by atoms with Crippen LogP contribution in [0.15, 0.2) is 47.5 Å². The number of aryl methyl sites for hydroxylation is 2. The summed E-state index contributed by atoms with van der Waals surface area (Å²) < 4.78 is 2.05. The van der Waals surface area contributed by atoms with E-state index in [1.54, 1.807) is 0 Å². The highest BCUT2D eigenvalue weighted by molar-refractivity contribution is 14.0. The molecule has 1 aliphatic heterocycles. The van der Waals surface area contributed by atoms with Crippen LogP contribution in [0, 0.1) is 0 Å². The van der Waals surface area contributed by atoms with Crippen molar-refractivity contribution in [2.75, 3.05) is 13.6 Å². The van der Waals surface area contributed by atoms with Gasteiger partial charge in [0.1, 0.15) is 5.82 Å². The molecule has 2 aromatic carbocycles. The van der Waals surface area contributed by atoms with Gasteiger partial charge in [-0.3, -0.25) is 4.99 Å². The maximum Gasteiger partial charge on any atom is 0.191 e. The quantitative estimate of drug-likeness (QED) is 0.318. The summed E-state index contributed by atoms with van der Waals surface area (Å²) in [6.45, 7) is 3.78. The number of nitrogens with zero attached hydrogens (tertiary/aromatic N) is 4. The van der Waals surface area contributed by atoms with Crippen LogP contribution in [0.4, 0.5) is 0 Å². The molecule has 1 unspecified atom stereocenters. The summed E-state index contributed by atoms with van der Waals surface area (Å²) in [5, 5.41) is 14.2. The van der Waals surface area contributed by atoms with E-state index in [2.05, 4.69) is 75.1 Å². The summed E-state index contributed by atoms with van der Waals surface area (Å²) in [4.78, 5) is 8.99. The highest BCUT2D eigenvalue weighted by atomic mass is 127. The lowest BCUT2D eigenvalue weighted by atomic mass is 10.0. The first kappa shape index (κ1) is 21.5. The van der Waals surface area contributed by atoms with Gasteiger partial charge >= 0.3 is 0 Å². The van der Waals surface area contributed by atoms with Crippen LogP contribution in [0.3, 0.4) is 0 Å². The Morgan fingerprint density at radius 2 is 2.03 bits per heavy atom. The molecule has 3 aromatic rings. The van der Waals surface area contributed by atoms with Gasteiger partial charge in [0.25, 0.3) is 0 Å². The van der Waals surface area contributed by atoms with Crippen molar-refractivity contribution < 1.29 is 0 Å². The van der Waals surface area contributed by atoms with Gasteiger partial charge in [-0.2, -0.15) is 5.10 Å². The molecule has 0 radical (unpaired) electrons. The number of halogens is 1. The fraction of sp³-hybridized carbons (Fsp3) is 0.409. The number of aliphatic imine (C=N–C) groups is 1. The number of aromatic nitrogens is 3.